The first kappa shape index (κ1) is 11.5. The second-order valence-electron chi connectivity index (χ2n) is 4.46. The Bertz CT molecular complexity index is 206. The fourth-order valence-corrected chi connectivity index (χ4v) is 1.79. The molecule has 4 nitrogen and oxygen atoms in total. The first-order valence-electron chi connectivity index (χ1n) is 5.23. The summed E-state index contributed by atoms with van der Waals surface area (Å²) in [4.78, 5) is 13.4. The summed E-state index contributed by atoms with van der Waals surface area (Å²) < 4.78 is 0. The molecule has 1 rings (SSSR count). The highest BCUT2D eigenvalue weighted by Gasteiger charge is 2.28. The van der Waals surface area contributed by atoms with Crippen molar-refractivity contribution in [3.05, 3.63) is 0 Å². The summed E-state index contributed by atoms with van der Waals surface area (Å²) in [6, 6.07) is -0.403. The Labute approximate surface area is 85.1 Å². The smallest absolute Gasteiger partial charge is 0.239 e. The Morgan fingerprint density at radius 1 is 1.64 bits per heavy atom. The molecule has 14 heavy (non-hydrogen) atoms. The fraction of sp³-hybridized carbons (Fsp3) is 0.900. The van der Waals surface area contributed by atoms with Crippen LogP contribution in [0.3, 0.4) is 0 Å². The molecule has 0 aliphatic carbocycles. The van der Waals surface area contributed by atoms with E-state index in [4.69, 9.17) is 5.73 Å². The normalized spacial score (nSPS) is 24.4. The lowest BCUT2D eigenvalue weighted by molar-refractivity contribution is -0.132. The third-order valence-corrected chi connectivity index (χ3v) is 2.52. The van der Waals surface area contributed by atoms with E-state index in [2.05, 4.69) is 0 Å². The molecule has 0 bridgehead atoms. The number of likely N-dealkylation sites (tertiary alicyclic amines) is 1. The van der Waals surface area contributed by atoms with Crippen LogP contribution < -0.4 is 5.73 Å². The minimum Gasteiger partial charge on any atom is -0.391 e. The van der Waals surface area contributed by atoms with Crippen molar-refractivity contribution in [2.24, 2.45) is 11.7 Å². The zero-order chi connectivity index (χ0) is 10.7. The molecule has 82 valence electrons. The lowest BCUT2D eigenvalue weighted by atomic mass is 10.0. The lowest BCUT2D eigenvalue weighted by Crippen LogP contribution is -2.43. The molecule has 2 atom stereocenters. The summed E-state index contributed by atoms with van der Waals surface area (Å²) >= 11 is 0. The van der Waals surface area contributed by atoms with Crippen molar-refractivity contribution in [3.8, 4) is 0 Å². The predicted octanol–water partition coefficient (Wildman–Crippen LogP) is -0.0470. The monoisotopic (exact) mass is 200 g/mol. The third kappa shape index (κ3) is 2.96. The van der Waals surface area contributed by atoms with E-state index in [1.165, 1.54) is 0 Å². The number of aliphatic hydroxyl groups is 1. The quantitative estimate of drug-likeness (QED) is 0.671. The first-order valence-corrected chi connectivity index (χ1v) is 5.23. The molecule has 0 radical (unpaired) electrons. The van der Waals surface area contributed by atoms with Gasteiger partial charge in [0.05, 0.1) is 12.1 Å². The average Bonchev–Trinajstić information content (AvgIpc) is 2.49. The maximum Gasteiger partial charge on any atom is 0.239 e. The van der Waals surface area contributed by atoms with Crippen LogP contribution in [0.15, 0.2) is 0 Å². The number of hydrogen-bond acceptors (Lipinski definition) is 3. The summed E-state index contributed by atoms with van der Waals surface area (Å²) in [5.74, 6) is 0.414. The van der Waals surface area contributed by atoms with E-state index in [-0.39, 0.29) is 12.0 Å². The summed E-state index contributed by atoms with van der Waals surface area (Å²) in [6.07, 6.45) is 1.04. The van der Waals surface area contributed by atoms with Crippen LogP contribution in [0.4, 0.5) is 0 Å². The number of β-amino-alcohol motifs (C(OH)–C–C–N with tert-alkyl or cyclic N) is 1. The Morgan fingerprint density at radius 3 is 2.71 bits per heavy atom. The topological polar surface area (TPSA) is 66.6 Å². The van der Waals surface area contributed by atoms with Crippen LogP contribution >= 0.6 is 0 Å². The molecule has 0 aromatic rings. The van der Waals surface area contributed by atoms with Crippen LogP contribution in [0.2, 0.25) is 0 Å². The zero-order valence-electron chi connectivity index (χ0n) is 8.94. The number of nitrogens with zero attached hydrogens (tertiary/aromatic N) is 1. The number of hydrogen-bond donors (Lipinski definition) is 2. The van der Waals surface area contributed by atoms with Gasteiger partial charge in [0, 0.05) is 13.1 Å². The van der Waals surface area contributed by atoms with Crippen molar-refractivity contribution in [1.29, 1.82) is 0 Å². The van der Waals surface area contributed by atoms with E-state index in [1.807, 2.05) is 13.8 Å². The minimum atomic E-state index is -0.403. The SMILES string of the molecule is CC(C)CC(N)C(=O)N1CCC(O)C1. The Hall–Kier alpha value is -0.610. The van der Waals surface area contributed by atoms with Crippen LogP contribution in [-0.4, -0.2) is 41.1 Å². The van der Waals surface area contributed by atoms with Gasteiger partial charge in [0.25, 0.3) is 0 Å². The molecule has 1 aliphatic rings. The molecule has 0 aromatic heterocycles. The van der Waals surface area contributed by atoms with Crippen molar-refractivity contribution < 1.29 is 9.90 Å². The van der Waals surface area contributed by atoms with E-state index in [9.17, 15) is 9.90 Å². The highest BCUT2D eigenvalue weighted by Crippen LogP contribution is 2.12. The van der Waals surface area contributed by atoms with Crippen LogP contribution in [0.1, 0.15) is 26.7 Å². The van der Waals surface area contributed by atoms with Gasteiger partial charge in [0.1, 0.15) is 0 Å². The van der Waals surface area contributed by atoms with Crippen molar-refractivity contribution in [2.75, 3.05) is 13.1 Å². The second kappa shape index (κ2) is 4.75. The van der Waals surface area contributed by atoms with E-state index in [0.29, 0.717) is 31.8 Å². The summed E-state index contributed by atoms with van der Waals surface area (Å²) in [7, 11) is 0. The number of amides is 1. The van der Waals surface area contributed by atoms with E-state index in [0.717, 1.165) is 0 Å². The molecule has 1 fully saturated rings. The van der Waals surface area contributed by atoms with Crippen molar-refractivity contribution >= 4 is 5.91 Å². The van der Waals surface area contributed by atoms with Gasteiger partial charge < -0.3 is 15.7 Å². The van der Waals surface area contributed by atoms with Gasteiger partial charge in [-0.25, -0.2) is 0 Å². The van der Waals surface area contributed by atoms with Crippen molar-refractivity contribution in [2.45, 2.75) is 38.8 Å². The van der Waals surface area contributed by atoms with Gasteiger partial charge in [0.2, 0.25) is 5.91 Å². The zero-order valence-corrected chi connectivity index (χ0v) is 8.94. The van der Waals surface area contributed by atoms with Gasteiger partial charge in [-0.3, -0.25) is 4.79 Å². The molecular formula is C10H20N2O2. The maximum atomic E-state index is 11.7. The van der Waals surface area contributed by atoms with Crippen molar-refractivity contribution in [3.63, 3.8) is 0 Å². The van der Waals surface area contributed by atoms with Crippen LogP contribution in [0, 0.1) is 5.92 Å². The van der Waals surface area contributed by atoms with Crippen molar-refractivity contribution in [1.82, 2.24) is 4.90 Å². The highest BCUT2D eigenvalue weighted by atomic mass is 16.3. The van der Waals surface area contributed by atoms with Gasteiger partial charge >= 0.3 is 0 Å². The molecule has 3 N–H and O–H groups in total. The largest absolute Gasteiger partial charge is 0.391 e. The van der Waals surface area contributed by atoms with E-state index < -0.39 is 6.04 Å². The highest BCUT2D eigenvalue weighted by molar-refractivity contribution is 5.81. The molecule has 0 aromatic carbocycles. The molecule has 2 unspecified atom stereocenters. The average molecular weight is 200 g/mol. The maximum absolute atomic E-state index is 11.7. The Kier molecular flexibility index (Phi) is 3.89. The minimum absolute atomic E-state index is 0.0183. The molecule has 1 heterocycles. The van der Waals surface area contributed by atoms with Gasteiger partial charge in [0.15, 0.2) is 0 Å². The number of aliphatic hydroxyl groups excluding tert-OH is 1. The third-order valence-electron chi connectivity index (χ3n) is 2.52. The number of carbonyl (C=O) groups is 1. The molecule has 1 amide bonds. The van der Waals surface area contributed by atoms with Gasteiger partial charge in [-0.15, -0.1) is 0 Å². The second-order valence-corrected chi connectivity index (χ2v) is 4.46. The summed E-state index contributed by atoms with van der Waals surface area (Å²) in [5.41, 5.74) is 5.77. The molecule has 1 aliphatic heterocycles. The van der Waals surface area contributed by atoms with Crippen LogP contribution in [0.5, 0.6) is 0 Å². The molecule has 0 saturated carbocycles. The van der Waals surface area contributed by atoms with Crippen LogP contribution in [0.25, 0.3) is 0 Å². The number of carbonyl (C=O) groups excluding carboxylic acids is 1. The fourth-order valence-electron chi connectivity index (χ4n) is 1.79. The van der Waals surface area contributed by atoms with E-state index in [1.54, 1.807) is 4.90 Å². The standard InChI is InChI=1S/C10H20N2O2/c1-7(2)5-9(11)10(14)12-4-3-8(13)6-12/h7-9,13H,3-6,11H2,1-2H3. The van der Waals surface area contributed by atoms with Gasteiger partial charge in [-0.2, -0.15) is 0 Å². The number of nitrogens with two attached hydrogens (primary N) is 1. The Balaban J connectivity index is 2.40. The number of rotatable bonds is 3. The Morgan fingerprint density at radius 2 is 2.29 bits per heavy atom. The van der Waals surface area contributed by atoms with Crippen LogP contribution in [-0.2, 0) is 4.79 Å². The van der Waals surface area contributed by atoms with Gasteiger partial charge in [-0.1, -0.05) is 13.8 Å². The van der Waals surface area contributed by atoms with Gasteiger partial charge in [-0.05, 0) is 18.8 Å². The molecule has 0 spiro atoms. The van der Waals surface area contributed by atoms with E-state index >= 15 is 0 Å². The molecule has 4 heteroatoms. The molecular weight excluding hydrogens is 180 g/mol. The lowest BCUT2D eigenvalue weighted by Gasteiger charge is -2.21. The predicted molar refractivity (Wildman–Crippen MR) is 54.6 cm³/mol. The summed E-state index contributed by atoms with van der Waals surface area (Å²) in [6.45, 7) is 5.19. The summed E-state index contributed by atoms with van der Waals surface area (Å²) in [5, 5.41) is 9.28. The first-order chi connectivity index (χ1) is 6.50. The molecule has 1 saturated heterocycles.